The second kappa shape index (κ2) is 4.82. The second-order valence-corrected chi connectivity index (χ2v) is 3.68. The maximum absolute atomic E-state index is 5.84. The number of anilines is 1. The van der Waals surface area contributed by atoms with Crippen LogP contribution in [0.1, 0.15) is 30.9 Å². The molecule has 0 heterocycles. The maximum atomic E-state index is 5.84. The van der Waals surface area contributed by atoms with E-state index in [1.54, 1.807) is 0 Å². The zero-order valence-electron chi connectivity index (χ0n) is 8.83. The van der Waals surface area contributed by atoms with E-state index < -0.39 is 0 Å². The van der Waals surface area contributed by atoms with Crippen LogP contribution < -0.4 is 11.5 Å². The van der Waals surface area contributed by atoms with Crippen molar-refractivity contribution < 1.29 is 0 Å². The van der Waals surface area contributed by atoms with E-state index in [2.05, 4.69) is 26.0 Å². The largest absolute Gasteiger partial charge is 0.398 e. The number of nitrogens with two attached hydrogens (primary N) is 2. The van der Waals surface area contributed by atoms with Gasteiger partial charge in [-0.1, -0.05) is 32.1 Å². The molecule has 0 spiro atoms. The summed E-state index contributed by atoms with van der Waals surface area (Å²) in [6.45, 7) is 4.88. The molecule has 0 saturated heterocycles. The monoisotopic (exact) mass is 190 g/mol. The highest BCUT2D eigenvalue weighted by Crippen LogP contribution is 2.21. The molecule has 4 N–H and O–H groups in total. The minimum Gasteiger partial charge on any atom is -0.398 e. The van der Waals surface area contributed by atoms with Gasteiger partial charge in [0, 0.05) is 12.2 Å². The van der Waals surface area contributed by atoms with Crippen LogP contribution in [0.2, 0.25) is 0 Å². The van der Waals surface area contributed by atoms with E-state index in [0.717, 1.165) is 11.3 Å². The molecule has 0 atom stereocenters. The fourth-order valence-electron chi connectivity index (χ4n) is 1.29. The van der Waals surface area contributed by atoms with Crippen molar-refractivity contribution >= 4 is 11.8 Å². The number of hydrogen-bond donors (Lipinski definition) is 2. The van der Waals surface area contributed by atoms with Crippen molar-refractivity contribution in [1.82, 2.24) is 0 Å². The lowest BCUT2D eigenvalue weighted by Gasteiger charge is -2.08. The number of hydrogen-bond acceptors (Lipinski definition) is 2. The first-order valence-corrected chi connectivity index (χ1v) is 4.91. The van der Waals surface area contributed by atoms with Gasteiger partial charge in [0.2, 0.25) is 0 Å². The Hall–Kier alpha value is -1.28. The van der Waals surface area contributed by atoms with E-state index in [9.17, 15) is 0 Å². The predicted octanol–water partition coefficient (Wildman–Crippen LogP) is 2.36. The lowest BCUT2D eigenvalue weighted by atomic mass is 9.99. The lowest BCUT2D eigenvalue weighted by molar-refractivity contribution is 0.866. The van der Waals surface area contributed by atoms with Crippen molar-refractivity contribution in [3.05, 3.63) is 35.4 Å². The van der Waals surface area contributed by atoms with Crippen molar-refractivity contribution in [2.45, 2.75) is 19.8 Å². The van der Waals surface area contributed by atoms with Gasteiger partial charge in [0.05, 0.1) is 0 Å². The Labute approximate surface area is 85.6 Å². The predicted molar refractivity (Wildman–Crippen MR) is 63.0 cm³/mol. The highest BCUT2D eigenvalue weighted by molar-refractivity contribution is 5.65. The van der Waals surface area contributed by atoms with E-state index in [-0.39, 0.29) is 0 Å². The topological polar surface area (TPSA) is 52.0 Å². The average Bonchev–Trinajstić information content (AvgIpc) is 2.16. The summed E-state index contributed by atoms with van der Waals surface area (Å²) in [7, 11) is 0. The third kappa shape index (κ3) is 2.60. The summed E-state index contributed by atoms with van der Waals surface area (Å²) in [5.74, 6) is 0.528. The molecule has 0 bridgehead atoms. The molecule has 0 aromatic heterocycles. The number of nitrogen functional groups attached to an aromatic ring is 1. The lowest BCUT2D eigenvalue weighted by Crippen LogP contribution is -1.95. The molecular formula is C12H18N2. The maximum Gasteiger partial charge on any atom is 0.0387 e. The molecule has 0 radical (unpaired) electrons. The minimum atomic E-state index is 0.528. The third-order valence-electron chi connectivity index (χ3n) is 2.21. The van der Waals surface area contributed by atoms with Crippen LogP contribution in [0, 0.1) is 0 Å². The standard InChI is InChI=1S/C12H18N2/c1-9(2)10-5-6-12(14)11(8-10)4-3-7-13/h3-6,8-9H,7,13-14H2,1-2H3. The normalized spacial score (nSPS) is 11.4. The molecular weight excluding hydrogens is 172 g/mol. The van der Waals surface area contributed by atoms with Gasteiger partial charge in [0.25, 0.3) is 0 Å². The first-order valence-electron chi connectivity index (χ1n) is 4.91. The molecule has 0 aliphatic rings. The van der Waals surface area contributed by atoms with Gasteiger partial charge in [-0.15, -0.1) is 0 Å². The zero-order chi connectivity index (χ0) is 10.6. The van der Waals surface area contributed by atoms with Gasteiger partial charge in [-0.25, -0.2) is 0 Å². The van der Waals surface area contributed by atoms with Crippen LogP contribution in [0.15, 0.2) is 24.3 Å². The average molecular weight is 190 g/mol. The fraction of sp³-hybridized carbons (Fsp3) is 0.333. The fourth-order valence-corrected chi connectivity index (χ4v) is 1.29. The molecule has 1 aromatic rings. The third-order valence-corrected chi connectivity index (χ3v) is 2.21. The summed E-state index contributed by atoms with van der Waals surface area (Å²) in [4.78, 5) is 0. The molecule has 76 valence electrons. The molecule has 2 nitrogen and oxygen atoms in total. The molecule has 0 fully saturated rings. The van der Waals surface area contributed by atoms with E-state index in [0.29, 0.717) is 12.5 Å². The summed E-state index contributed by atoms with van der Waals surface area (Å²) < 4.78 is 0. The van der Waals surface area contributed by atoms with Gasteiger partial charge in [-0.3, -0.25) is 0 Å². The minimum absolute atomic E-state index is 0.528. The molecule has 0 saturated carbocycles. The second-order valence-electron chi connectivity index (χ2n) is 3.68. The van der Waals surface area contributed by atoms with Gasteiger partial charge in [0.1, 0.15) is 0 Å². The van der Waals surface area contributed by atoms with Crippen molar-refractivity contribution in [2.75, 3.05) is 12.3 Å². The van der Waals surface area contributed by atoms with Crippen LogP contribution in [0.4, 0.5) is 5.69 Å². The Kier molecular flexibility index (Phi) is 3.72. The molecule has 0 amide bonds. The summed E-state index contributed by atoms with van der Waals surface area (Å²) in [5.41, 5.74) is 14.4. The quantitative estimate of drug-likeness (QED) is 0.719. The Morgan fingerprint density at radius 2 is 2.07 bits per heavy atom. The molecule has 0 aliphatic heterocycles. The van der Waals surface area contributed by atoms with E-state index in [1.165, 1.54) is 5.56 Å². The van der Waals surface area contributed by atoms with E-state index in [1.807, 2.05) is 18.2 Å². The molecule has 0 unspecified atom stereocenters. The highest BCUT2D eigenvalue weighted by atomic mass is 14.6. The van der Waals surface area contributed by atoms with Gasteiger partial charge in [-0.2, -0.15) is 0 Å². The number of benzene rings is 1. The summed E-state index contributed by atoms with van der Waals surface area (Å²) >= 11 is 0. The van der Waals surface area contributed by atoms with Crippen LogP contribution in [0.3, 0.4) is 0 Å². The van der Waals surface area contributed by atoms with Crippen LogP contribution in [-0.2, 0) is 0 Å². The van der Waals surface area contributed by atoms with Crippen LogP contribution >= 0.6 is 0 Å². The first kappa shape index (κ1) is 10.8. The van der Waals surface area contributed by atoms with Crippen molar-refractivity contribution in [3.8, 4) is 0 Å². The van der Waals surface area contributed by atoms with Crippen LogP contribution in [-0.4, -0.2) is 6.54 Å². The summed E-state index contributed by atoms with van der Waals surface area (Å²) in [6, 6.07) is 6.14. The Morgan fingerprint density at radius 3 is 2.64 bits per heavy atom. The molecule has 1 aromatic carbocycles. The van der Waals surface area contributed by atoms with Gasteiger partial charge in [-0.05, 0) is 29.2 Å². The Morgan fingerprint density at radius 1 is 1.36 bits per heavy atom. The molecule has 0 aliphatic carbocycles. The SMILES string of the molecule is CC(C)c1ccc(N)c(C=CCN)c1. The van der Waals surface area contributed by atoms with Crippen LogP contribution in [0.25, 0.3) is 6.08 Å². The van der Waals surface area contributed by atoms with Gasteiger partial charge in [0.15, 0.2) is 0 Å². The molecule has 1 rings (SSSR count). The smallest absolute Gasteiger partial charge is 0.0387 e. The van der Waals surface area contributed by atoms with Crippen LogP contribution in [0.5, 0.6) is 0 Å². The Balaban J connectivity index is 3.02. The van der Waals surface area contributed by atoms with E-state index >= 15 is 0 Å². The van der Waals surface area contributed by atoms with E-state index in [4.69, 9.17) is 11.5 Å². The van der Waals surface area contributed by atoms with Crippen molar-refractivity contribution in [2.24, 2.45) is 5.73 Å². The van der Waals surface area contributed by atoms with Crippen molar-refractivity contribution in [3.63, 3.8) is 0 Å². The van der Waals surface area contributed by atoms with Gasteiger partial charge < -0.3 is 11.5 Å². The highest BCUT2D eigenvalue weighted by Gasteiger charge is 2.01. The van der Waals surface area contributed by atoms with Crippen molar-refractivity contribution in [1.29, 1.82) is 0 Å². The first-order chi connectivity index (χ1) is 6.65. The number of rotatable bonds is 3. The Bertz CT molecular complexity index is 327. The summed E-state index contributed by atoms with van der Waals surface area (Å²) in [5, 5.41) is 0. The van der Waals surface area contributed by atoms with Gasteiger partial charge >= 0.3 is 0 Å². The summed E-state index contributed by atoms with van der Waals surface area (Å²) in [6.07, 6.45) is 3.89. The zero-order valence-corrected chi connectivity index (χ0v) is 8.83. The molecule has 14 heavy (non-hydrogen) atoms. The molecule has 2 heteroatoms.